The molecule has 1 aromatic carbocycles. The minimum atomic E-state index is -4.52. The van der Waals surface area contributed by atoms with Gasteiger partial charge in [0.2, 0.25) is 11.8 Å². The van der Waals surface area contributed by atoms with Crippen LogP contribution in [0.15, 0.2) is 18.2 Å². The van der Waals surface area contributed by atoms with Gasteiger partial charge in [0.25, 0.3) is 0 Å². The van der Waals surface area contributed by atoms with Crippen molar-refractivity contribution in [3.63, 3.8) is 0 Å². The molecule has 1 fully saturated rings. The van der Waals surface area contributed by atoms with E-state index in [1.807, 2.05) is 0 Å². The maximum atomic E-state index is 12.6. The first-order chi connectivity index (χ1) is 9.77. The summed E-state index contributed by atoms with van der Waals surface area (Å²) >= 11 is 7.14. The molecular weight excluding hydrogens is 329 g/mol. The first-order valence-corrected chi connectivity index (χ1v) is 7.33. The van der Waals surface area contributed by atoms with Crippen LogP contribution in [0.5, 0.6) is 0 Å². The number of halogens is 4. The molecule has 1 aliphatic rings. The predicted molar refractivity (Wildman–Crippen MR) is 74.1 cm³/mol. The van der Waals surface area contributed by atoms with E-state index in [4.69, 9.17) is 11.6 Å². The molecule has 2 amide bonds. The molecule has 4 nitrogen and oxygen atoms in total. The van der Waals surface area contributed by atoms with Crippen LogP contribution in [0.25, 0.3) is 0 Å². The second-order valence-corrected chi connectivity index (χ2v) is 5.67. The van der Waals surface area contributed by atoms with Gasteiger partial charge in [-0.1, -0.05) is 11.6 Å². The average Bonchev–Trinajstić information content (AvgIpc) is 2.76. The van der Waals surface area contributed by atoms with Crippen LogP contribution in [0.1, 0.15) is 5.56 Å². The molecule has 0 aromatic heterocycles. The Hall–Kier alpha value is -1.41. The number of nitrogens with one attached hydrogen (secondary N) is 1. The Morgan fingerprint density at radius 1 is 1.43 bits per heavy atom. The Kier molecular flexibility index (Phi) is 4.67. The summed E-state index contributed by atoms with van der Waals surface area (Å²) in [6.45, 7) is -0.210. The van der Waals surface area contributed by atoms with Crippen LogP contribution in [0, 0.1) is 0 Å². The van der Waals surface area contributed by atoms with Gasteiger partial charge >= 0.3 is 6.18 Å². The Balaban J connectivity index is 2.08. The van der Waals surface area contributed by atoms with Crippen molar-refractivity contribution in [2.75, 3.05) is 23.5 Å². The highest BCUT2D eigenvalue weighted by Crippen LogP contribution is 2.33. The number of rotatable bonds is 3. The molecular formula is C12H10ClF3N2O2S. The first kappa shape index (κ1) is 16.0. The lowest BCUT2D eigenvalue weighted by molar-refractivity contribution is -0.137. The molecule has 1 N–H and O–H groups in total. The molecule has 0 bridgehead atoms. The standard InChI is InChI=1S/C12H10ClF3N2O2S/c13-8-2-1-7(12(14,15)16)3-9(8)17-10(19)4-18-6-21-5-11(18)20/h1-3H,4-6H2,(H,17,19). The summed E-state index contributed by atoms with van der Waals surface area (Å²) in [5, 5.41) is 2.29. The number of hydrogen-bond donors (Lipinski definition) is 1. The molecule has 0 aliphatic carbocycles. The Morgan fingerprint density at radius 3 is 2.71 bits per heavy atom. The SMILES string of the molecule is O=C(CN1CSCC1=O)Nc1cc(C(F)(F)F)ccc1Cl. The maximum absolute atomic E-state index is 12.6. The van der Waals surface area contributed by atoms with Crippen LogP contribution in [0.4, 0.5) is 18.9 Å². The van der Waals surface area contributed by atoms with Gasteiger partial charge in [-0.05, 0) is 18.2 Å². The maximum Gasteiger partial charge on any atom is 0.416 e. The molecule has 1 heterocycles. The summed E-state index contributed by atoms with van der Waals surface area (Å²) in [4.78, 5) is 24.5. The van der Waals surface area contributed by atoms with Crippen molar-refractivity contribution in [1.82, 2.24) is 4.90 Å². The molecule has 0 saturated carbocycles. The third-order valence-electron chi connectivity index (χ3n) is 2.73. The number of carbonyl (C=O) groups excluding carboxylic acids is 2. The van der Waals surface area contributed by atoms with Crippen molar-refractivity contribution in [3.05, 3.63) is 28.8 Å². The van der Waals surface area contributed by atoms with Gasteiger partial charge in [-0.15, -0.1) is 11.8 Å². The quantitative estimate of drug-likeness (QED) is 0.922. The van der Waals surface area contributed by atoms with Crippen LogP contribution >= 0.6 is 23.4 Å². The summed E-state index contributed by atoms with van der Waals surface area (Å²) in [6, 6.07) is 2.66. The Labute approximate surface area is 127 Å². The summed E-state index contributed by atoms with van der Waals surface area (Å²) in [5.41, 5.74) is -1.04. The van der Waals surface area contributed by atoms with Crippen molar-refractivity contribution in [1.29, 1.82) is 0 Å². The highest BCUT2D eigenvalue weighted by atomic mass is 35.5. The van der Waals surface area contributed by atoms with E-state index in [1.165, 1.54) is 16.7 Å². The molecule has 2 rings (SSSR count). The summed E-state index contributed by atoms with van der Waals surface area (Å²) in [5.74, 6) is -0.0717. The third-order valence-corrected chi connectivity index (χ3v) is 4.00. The van der Waals surface area contributed by atoms with Crippen LogP contribution in [-0.2, 0) is 15.8 Å². The largest absolute Gasteiger partial charge is 0.416 e. The molecule has 21 heavy (non-hydrogen) atoms. The lowest BCUT2D eigenvalue weighted by atomic mass is 10.2. The number of benzene rings is 1. The number of amides is 2. The van der Waals surface area contributed by atoms with Crippen molar-refractivity contribution < 1.29 is 22.8 Å². The summed E-state index contributed by atoms with van der Waals surface area (Å²) in [6.07, 6.45) is -4.52. The fourth-order valence-electron chi connectivity index (χ4n) is 1.70. The van der Waals surface area contributed by atoms with Gasteiger partial charge in [-0.3, -0.25) is 9.59 Å². The van der Waals surface area contributed by atoms with E-state index in [2.05, 4.69) is 5.32 Å². The van der Waals surface area contributed by atoms with Gasteiger partial charge < -0.3 is 10.2 Å². The van der Waals surface area contributed by atoms with E-state index in [-0.39, 0.29) is 23.2 Å². The highest BCUT2D eigenvalue weighted by molar-refractivity contribution is 8.00. The van der Waals surface area contributed by atoms with Crippen LogP contribution in [-0.4, -0.2) is 34.9 Å². The van der Waals surface area contributed by atoms with Crippen molar-refractivity contribution in [2.45, 2.75) is 6.18 Å². The minimum absolute atomic E-state index is 0.00141. The van der Waals surface area contributed by atoms with Crippen LogP contribution in [0.2, 0.25) is 5.02 Å². The van der Waals surface area contributed by atoms with Gasteiger partial charge in [-0.25, -0.2) is 0 Å². The van der Waals surface area contributed by atoms with Gasteiger partial charge in [0.1, 0.15) is 6.54 Å². The predicted octanol–water partition coefficient (Wildman–Crippen LogP) is 2.83. The zero-order chi connectivity index (χ0) is 15.6. The average molecular weight is 339 g/mol. The minimum Gasteiger partial charge on any atom is -0.323 e. The zero-order valence-electron chi connectivity index (χ0n) is 10.5. The van der Waals surface area contributed by atoms with E-state index < -0.39 is 17.6 Å². The molecule has 9 heteroatoms. The number of nitrogens with zero attached hydrogens (tertiary/aromatic N) is 1. The lowest BCUT2D eigenvalue weighted by Gasteiger charge is -2.15. The second kappa shape index (κ2) is 6.15. The van der Waals surface area contributed by atoms with Gasteiger partial charge in [-0.2, -0.15) is 13.2 Å². The third kappa shape index (κ3) is 4.04. The number of hydrogen-bond acceptors (Lipinski definition) is 3. The van der Waals surface area contributed by atoms with E-state index in [0.717, 1.165) is 18.2 Å². The molecule has 0 atom stereocenters. The smallest absolute Gasteiger partial charge is 0.323 e. The molecule has 114 valence electrons. The second-order valence-electron chi connectivity index (χ2n) is 4.31. The Bertz CT molecular complexity index is 580. The van der Waals surface area contributed by atoms with E-state index in [9.17, 15) is 22.8 Å². The lowest BCUT2D eigenvalue weighted by Crippen LogP contribution is -2.34. The fraction of sp³-hybridized carbons (Fsp3) is 0.333. The molecule has 1 aliphatic heterocycles. The highest BCUT2D eigenvalue weighted by Gasteiger charge is 2.31. The van der Waals surface area contributed by atoms with Crippen molar-refractivity contribution >= 4 is 40.9 Å². The molecule has 0 unspecified atom stereocenters. The van der Waals surface area contributed by atoms with Crippen molar-refractivity contribution in [3.8, 4) is 0 Å². The monoisotopic (exact) mass is 338 g/mol. The van der Waals surface area contributed by atoms with E-state index in [0.29, 0.717) is 11.6 Å². The number of alkyl halides is 3. The fourth-order valence-corrected chi connectivity index (χ4v) is 2.77. The van der Waals surface area contributed by atoms with Gasteiger partial charge in [0, 0.05) is 0 Å². The first-order valence-electron chi connectivity index (χ1n) is 5.79. The number of carbonyl (C=O) groups is 2. The number of thioether (sulfide) groups is 1. The zero-order valence-corrected chi connectivity index (χ0v) is 12.1. The van der Waals surface area contributed by atoms with Crippen molar-refractivity contribution in [2.24, 2.45) is 0 Å². The molecule has 0 radical (unpaired) electrons. The normalized spacial score (nSPS) is 15.4. The van der Waals surface area contributed by atoms with Crippen LogP contribution < -0.4 is 5.32 Å². The van der Waals surface area contributed by atoms with E-state index >= 15 is 0 Å². The number of anilines is 1. The summed E-state index contributed by atoms with van der Waals surface area (Å²) < 4.78 is 37.8. The molecule has 0 spiro atoms. The topological polar surface area (TPSA) is 49.4 Å². The summed E-state index contributed by atoms with van der Waals surface area (Å²) in [7, 11) is 0. The van der Waals surface area contributed by atoms with Crippen LogP contribution in [0.3, 0.4) is 0 Å². The van der Waals surface area contributed by atoms with E-state index in [1.54, 1.807) is 0 Å². The molecule has 1 saturated heterocycles. The Morgan fingerprint density at radius 2 is 2.14 bits per heavy atom. The molecule has 1 aromatic rings. The van der Waals surface area contributed by atoms with Gasteiger partial charge in [0.05, 0.1) is 27.9 Å². The van der Waals surface area contributed by atoms with Gasteiger partial charge in [0.15, 0.2) is 0 Å².